The van der Waals surface area contributed by atoms with E-state index in [1.54, 1.807) is 19.1 Å². The van der Waals surface area contributed by atoms with E-state index < -0.39 is 28.5 Å². The van der Waals surface area contributed by atoms with Crippen molar-refractivity contribution < 1.29 is 28.4 Å². The van der Waals surface area contributed by atoms with Crippen LogP contribution in [0.25, 0.3) is 0 Å². The number of nitrogens with zero attached hydrogens (tertiary/aromatic N) is 2. The van der Waals surface area contributed by atoms with Crippen LogP contribution in [0.5, 0.6) is 5.75 Å². The summed E-state index contributed by atoms with van der Waals surface area (Å²) in [5.41, 5.74) is 2.82. The number of amides is 2. The molecule has 0 heterocycles. The first-order valence-corrected chi connectivity index (χ1v) is 10.6. The quantitative estimate of drug-likeness (QED) is 0.119. The summed E-state index contributed by atoms with van der Waals surface area (Å²) in [6.45, 7) is 1.57. The van der Waals surface area contributed by atoms with Crippen LogP contribution in [0.15, 0.2) is 76.3 Å². The highest BCUT2D eigenvalue weighted by Gasteiger charge is 2.16. The van der Waals surface area contributed by atoms with Crippen LogP contribution in [-0.2, 0) is 9.59 Å². The number of rotatable bonds is 6. The number of anilines is 1. The topological polar surface area (TPSA) is 140 Å². The number of nitro groups is 1. The molecule has 35 heavy (non-hydrogen) atoms. The van der Waals surface area contributed by atoms with Gasteiger partial charge in [0.15, 0.2) is 0 Å². The third-order valence-electron chi connectivity index (χ3n) is 4.51. The third-order valence-corrected chi connectivity index (χ3v) is 5.00. The van der Waals surface area contributed by atoms with Crippen molar-refractivity contribution >= 4 is 50.8 Å². The van der Waals surface area contributed by atoms with Gasteiger partial charge in [-0.3, -0.25) is 19.7 Å². The summed E-state index contributed by atoms with van der Waals surface area (Å²) in [5, 5.41) is 16.7. The van der Waals surface area contributed by atoms with Crippen molar-refractivity contribution in [2.75, 3.05) is 5.32 Å². The lowest BCUT2D eigenvalue weighted by Gasteiger charge is -2.07. The molecular weight excluding hydrogens is 527 g/mol. The highest BCUT2D eigenvalue weighted by molar-refractivity contribution is 9.10. The Morgan fingerprint density at radius 2 is 1.60 bits per heavy atom. The summed E-state index contributed by atoms with van der Waals surface area (Å²) in [5.74, 6) is -3.39. The fourth-order valence-corrected chi connectivity index (χ4v) is 3.00. The van der Waals surface area contributed by atoms with Crippen LogP contribution in [-0.4, -0.2) is 28.4 Å². The van der Waals surface area contributed by atoms with E-state index in [0.717, 1.165) is 6.07 Å². The number of non-ortho nitro benzene ring substituents is 1. The lowest BCUT2D eigenvalue weighted by molar-refractivity contribution is -0.384. The number of esters is 1. The molecule has 0 spiro atoms. The maximum Gasteiger partial charge on any atom is 0.343 e. The average Bonchev–Trinajstić information content (AvgIpc) is 2.84. The monoisotopic (exact) mass is 542 g/mol. The second-order valence-electron chi connectivity index (χ2n) is 6.93. The van der Waals surface area contributed by atoms with Crippen molar-refractivity contribution in [1.82, 2.24) is 5.43 Å². The minimum absolute atomic E-state index is 0.140. The Kier molecular flexibility index (Phi) is 8.00. The maximum absolute atomic E-state index is 13.8. The Morgan fingerprint density at radius 3 is 2.20 bits per heavy atom. The van der Waals surface area contributed by atoms with Gasteiger partial charge in [-0.25, -0.2) is 14.6 Å². The lowest BCUT2D eigenvalue weighted by atomic mass is 10.1. The Hall–Kier alpha value is -4.45. The largest absolute Gasteiger partial charge is 0.423 e. The smallest absolute Gasteiger partial charge is 0.343 e. The highest BCUT2D eigenvalue weighted by atomic mass is 79.9. The Morgan fingerprint density at radius 1 is 0.971 bits per heavy atom. The van der Waals surface area contributed by atoms with Crippen molar-refractivity contribution in [3.63, 3.8) is 0 Å². The van der Waals surface area contributed by atoms with Crippen molar-refractivity contribution in [3.8, 4) is 5.75 Å². The molecule has 3 rings (SSSR count). The highest BCUT2D eigenvalue weighted by Crippen LogP contribution is 2.19. The minimum Gasteiger partial charge on any atom is -0.423 e. The Balaban J connectivity index is 1.57. The summed E-state index contributed by atoms with van der Waals surface area (Å²) >= 11 is 3.09. The fourth-order valence-electron chi connectivity index (χ4n) is 2.67. The van der Waals surface area contributed by atoms with Crippen LogP contribution < -0.4 is 15.5 Å². The molecule has 0 unspecified atom stereocenters. The van der Waals surface area contributed by atoms with Crippen molar-refractivity contribution in [2.45, 2.75) is 6.92 Å². The minimum atomic E-state index is -1.10. The van der Waals surface area contributed by atoms with E-state index in [4.69, 9.17) is 4.74 Å². The number of hydrazone groups is 1. The van der Waals surface area contributed by atoms with E-state index >= 15 is 0 Å². The standard InChI is InChI=1S/C23H16BrFN4O6/c1-13(27-28-22(31)21(30)26-20-11-6-16(24)12-19(20)25)14-4-9-18(10-5-14)35-23(32)15-2-7-17(8-3-15)29(33)34/h2-12H,1H3,(H,26,30)(H,28,31)/b27-13+. The molecular formula is C23H16BrFN4O6. The average molecular weight is 543 g/mol. The molecule has 0 saturated carbocycles. The summed E-state index contributed by atoms with van der Waals surface area (Å²) in [6.07, 6.45) is 0. The molecule has 0 saturated heterocycles. The molecule has 3 aromatic carbocycles. The molecule has 0 bridgehead atoms. The molecule has 12 heteroatoms. The van der Waals surface area contributed by atoms with Gasteiger partial charge in [0.2, 0.25) is 0 Å². The molecule has 0 aliphatic heterocycles. The molecule has 0 fully saturated rings. The Bertz CT molecular complexity index is 1330. The van der Waals surface area contributed by atoms with Crippen LogP contribution in [0.3, 0.4) is 0 Å². The molecule has 0 atom stereocenters. The van der Waals surface area contributed by atoms with E-state index in [2.05, 4.69) is 31.8 Å². The number of halogens is 2. The maximum atomic E-state index is 13.8. The molecule has 3 aromatic rings. The number of nitrogens with one attached hydrogen (secondary N) is 2. The zero-order chi connectivity index (χ0) is 25.5. The van der Waals surface area contributed by atoms with Gasteiger partial charge >= 0.3 is 17.8 Å². The molecule has 0 aliphatic rings. The molecule has 178 valence electrons. The molecule has 2 amide bonds. The van der Waals surface area contributed by atoms with Gasteiger partial charge in [-0.1, -0.05) is 15.9 Å². The molecule has 0 aliphatic carbocycles. The summed E-state index contributed by atoms with van der Waals surface area (Å²) < 4.78 is 19.5. The number of hydrogen-bond acceptors (Lipinski definition) is 7. The number of hydrogen-bond donors (Lipinski definition) is 2. The van der Waals surface area contributed by atoms with Crippen LogP contribution in [0.4, 0.5) is 15.8 Å². The van der Waals surface area contributed by atoms with Gasteiger partial charge in [0.05, 0.1) is 21.9 Å². The SMILES string of the molecule is C/C(=N\NC(=O)C(=O)Nc1ccc(Br)cc1F)c1ccc(OC(=O)c2ccc([N+](=O)[O-])cc2)cc1. The van der Waals surface area contributed by atoms with Crippen molar-refractivity contribution in [1.29, 1.82) is 0 Å². The van der Waals surface area contributed by atoms with Crippen LogP contribution in [0, 0.1) is 15.9 Å². The first kappa shape index (κ1) is 25.2. The van der Waals surface area contributed by atoms with Gasteiger partial charge in [0.25, 0.3) is 5.69 Å². The number of benzene rings is 3. The molecule has 0 radical (unpaired) electrons. The first-order chi connectivity index (χ1) is 16.6. The number of carbonyl (C=O) groups is 3. The van der Waals surface area contributed by atoms with Crippen LogP contribution in [0.1, 0.15) is 22.8 Å². The lowest BCUT2D eigenvalue weighted by Crippen LogP contribution is -2.33. The first-order valence-electron chi connectivity index (χ1n) is 9.82. The number of carbonyl (C=O) groups excluding carboxylic acids is 3. The number of nitro benzene ring substituents is 1. The van der Waals surface area contributed by atoms with Gasteiger partial charge in [0.1, 0.15) is 11.6 Å². The van der Waals surface area contributed by atoms with Crippen LogP contribution in [0.2, 0.25) is 0 Å². The zero-order valence-corrected chi connectivity index (χ0v) is 19.5. The van der Waals surface area contributed by atoms with E-state index in [1.165, 1.54) is 48.5 Å². The summed E-state index contributed by atoms with van der Waals surface area (Å²) in [4.78, 5) is 46.3. The normalized spacial score (nSPS) is 10.9. The van der Waals surface area contributed by atoms with E-state index in [9.17, 15) is 28.9 Å². The van der Waals surface area contributed by atoms with E-state index in [0.29, 0.717) is 15.7 Å². The number of ether oxygens (including phenoxy) is 1. The molecule has 10 nitrogen and oxygen atoms in total. The van der Waals surface area contributed by atoms with Crippen molar-refractivity contribution in [2.24, 2.45) is 5.10 Å². The van der Waals surface area contributed by atoms with Gasteiger partial charge in [-0.2, -0.15) is 5.10 Å². The van der Waals surface area contributed by atoms with Gasteiger partial charge in [-0.05, 0) is 67.1 Å². The van der Waals surface area contributed by atoms with Crippen molar-refractivity contribution in [3.05, 3.63) is 98.3 Å². The zero-order valence-electron chi connectivity index (χ0n) is 18.0. The molecule has 2 N–H and O–H groups in total. The second-order valence-corrected chi connectivity index (χ2v) is 7.85. The van der Waals surface area contributed by atoms with Crippen LogP contribution >= 0.6 is 15.9 Å². The van der Waals surface area contributed by atoms with E-state index in [1.807, 2.05) is 0 Å². The Labute approximate surface area is 206 Å². The summed E-state index contributed by atoms with van der Waals surface area (Å²) in [6, 6.07) is 15.0. The van der Waals surface area contributed by atoms with E-state index in [-0.39, 0.29) is 22.7 Å². The van der Waals surface area contributed by atoms with Gasteiger partial charge in [0, 0.05) is 16.6 Å². The third kappa shape index (κ3) is 6.77. The second kappa shape index (κ2) is 11.1. The predicted molar refractivity (Wildman–Crippen MR) is 128 cm³/mol. The predicted octanol–water partition coefficient (Wildman–Crippen LogP) is 4.19. The fraction of sp³-hybridized carbons (Fsp3) is 0.0435. The molecule has 0 aromatic heterocycles. The van der Waals surface area contributed by atoms with Gasteiger partial charge < -0.3 is 10.1 Å². The summed E-state index contributed by atoms with van der Waals surface area (Å²) in [7, 11) is 0. The van der Waals surface area contributed by atoms with Gasteiger partial charge in [-0.15, -0.1) is 0 Å².